The second-order valence-corrected chi connectivity index (χ2v) is 7.57. The topological polar surface area (TPSA) is 62.4 Å². The highest BCUT2D eigenvalue weighted by Gasteiger charge is 2.57. The zero-order valence-corrected chi connectivity index (χ0v) is 16.8. The van der Waals surface area contributed by atoms with Crippen LogP contribution in [0.1, 0.15) is 20.8 Å². The third-order valence-corrected chi connectivity index (χ3v) is 4.99. The SMILES string of the molecule is C=C(NCC(F)(F)C(F)(F)F)C(C)(C)C(=C)N[C@@H]1C(=O)Nc2ccccc2O[C@@H]1C. The van der Waals surface area contributed by atoms with Crippen molar-refractivity contribution in [2.24, 2.45) is 5.41 Å². The van der Waals surface area contributed by atoms with Gasteiger partial charge in [-0.3, -0.25) is 4.79 Å². The van der Waals surface area contributed by atoms with Crippen molar-refractivity contribution in [1.82, 2.24) is 10.6 Å². The number of alkyl halides is 5. The second kappa shape index (κ2) is 8.16. The van der Waals surface area contributed by atoms with Gasteiger partial charge in [-0.2, -0.15) is 22.0 Å². The first kappa shape index (κ1) is 23.5. The predicted octanol–water partition coefficient (Wildman–Crippen LogP) is 4.21. The van der Waals surface area contributed by atoms with E-state index in [-0.39, 0.29) is 11.4 Å². The third kappa shape index (κ3) is 4.85. The lowest BCUT2D eigenvalue weighted by Crippen LogP contribution is -2.51. The molecule has 0 radical (unpaired) electrons. The van der Waals surface area contributed by atoms with Crippen LogP contribution >= 0.6 is 0 Å². The largest absolute Gasteiger partial charge is 0.486 e. The van der Waals surface area contributed by atoms with Crippen molar-refractivity contribution < 1.29 is 31.5 Å². The molecule has 1 heterocycles. The van der Waals surface area contributed by atoms with Gasteiger partial charge in [-0.1, -0.05) is 25.3 Å². The van der Waals surface area contributed by atoms with E-state index in [9.17, 15) is 26.7 Å². The molecule has 0 aromatic heterocycles. The summed E-state index contributed by atoms with van der Waals surface area (Å²) in [5, 5.41) is 7.66. The van der Waals surface area contributed by atoms with Crippen LogP contribution in [0.4, 0.5) is 27.6 Å². The summed E-state index contributed by atoms with van der Waals surface area (Å²) in [5.74, 6) is -4.85. The molecule has 30 heavy (non-hydrogen) atoms. The third-order valence-electron chi connectivity index (χ3n) is 4.99. The van der Waals surface area contributed by atoms with E-state index in [1.165, 1.54) is 13.8 Å². The quantitative estimate of drug-likeness (QED) is 0.564. The van der Waals surface area contributed by atoms with E-state index in [0.29, 0.717) is 11.4 Å². The maximum atomic E-state index is 13.2. The van der Waals surface area contributed by atoms with Crippen LogP contribution in [-0.4, -0.2) is 36.7 Å². The number of rotatable bonds is 7. The smallest absolute Gasteiger partial charge is 0.455 e. The van der Waals surface area contributed by atoms with Crippen molar-refractivity contribution in [3.63, 3.8) is 0 Å². The minimum Gasteiger partial charge on any atom is -0.486 e. The Kier molecular flexibility index (Phi) is 6.39. The van der Waals surface area contributed by atoms with Crippen LogP contribution in [0.25, 0.3) is 0 Å². The number of halogens is 5. The van der Waals surface area contributed by atoms with Crippen molar-refractivity contribution in [2.75, 3.05) is 11.9 Å². The van der Waals surface area contributed by atoms with E-state index in [1.54, 1.807) is 31.2 Å². The molecule has 5 nitrogen and oxygen atoms in total. The molecule has 1 aliphatic rings. The number of anilines is 1. The van der Waals surface area contributed by atoms with Crippen molar-refractivity contribution in [3.8, 4) is 5.75 Å². The summed E-state index contributed by atoms with van der Waals surface area (Å²) in [5.41, 5.74) is -0.600. The molecule has 166 valence electrons. The number of nitrogens with one attached hydrogen (secondary N) is 3. The number of para-hydroxylation sites is 2. The molecule has 0 bridgehead atoms. The van der Waals surface area contributed by atoms with Crippen LogP contribution in [0.15, 0.2) is 48.8 Å². The number of carbonyl (C=O) groups is 1. The maximum Gasteiger partial charge on any atom is 0.455 e. The summed E-state index contributed by atoms with van der Waals surface area (Å²) in [4.78, 5) is 12.6. The molecule has 0 saturated carbocycles. The first-order chi connectivity index (χ1) is 13.7. The Balaban J connectivity index is 2.08. The van der Waals surface area contributed by atoms with Crippen molar-refractivity contribution in [1.29, 1.82) is 0 Å². The zero-order chi connectivity index (χ0) is 22.9. The lowest BCUT2D eigenvalue weighted by Gasteiger charge is -2.35. The Bertz CT molecular complexity index is 836. The van der Waals surface area contributed by atoms with Crippen LogP contribution in [0.5, 0.6) is 5.75 Å². The number of ether oxygens (including phenoxy) is 1. The van der Waals surface area contributed by atoms with E-state index < -0.39 is 42.1 Å². The molecule has 3 N–H and O–H groups in total. The Morgan fingerprint density at radius 1 is 1.13 bits per heavy atom. The summed E-state index contributed by atoms with van der Waals surface area (Å²) in [7, 11) is 0. The van der Waals surface area contributed by atoms with E-state index in [0.717, 1.165) is 0 Å². The van der Waals surface area contributed by atoms with Gasteiger partial charge in [-0.25, -0.2) is 0 Å². The number of carbonyl (C=O) groups excluding carboxylic acids is 1. The number of hydrogen-bond acceptors (Lipinski definition) is 4. The monoisotopic (exact) mass is 433 g/mol. The van der Waals surface area contributed by atoms with Crippen LogP contribution in [0.2, 0.25) is 0 Å². The van der Waals surface area contributed by atoms with E-state index in [1.807, 2.05) is 5.32 Å². The lowest BCUT2D eigenvalue weighted by molar-refractivity contribution is -0.278. The molecule has 1 amide bonds. The highest BCUT2D eigenvalue weighted by molar-refractivity contribution is 5.97. The Morgan fingerprint density at radius 3 is 2.33 bits per heavy atom. The van der Waals surface area contributed by atoms with Gasteiger partial charge in [0.25, 0.3) is 5.91 Å². The van der Waals surface area contributed by atoms with Gasteiger partial charge in [0.2, 0.25) is 0 Å². The molecule has 0 unspecified atom stereocenters. The molecule has 2 rings (SSSR count). The molecule has 0 fully saturated rings. The molecule has 10 heteroatoms. The molecular formula is C20H24F5N3O2. The maximum absolute atomic E-state index is 13.2. The summed E-state index contributed by atoms with van der Waals surface area (Å²) in [6, 6.07) is 5.96. The van der Waals surface area contributed by atoms with Gasteiger partial charge < -0.3 is 20.7 Å². The van der Waals surface area contributed by atoms with Crippen LogP contribution in [0.3, 0.4) is 0 Å². The van der Waals surface area contributed by atoms with Crippen molar-refractivity contribution in [3.05, 3.63) is 48.8 Å². The van der Waals surface area contributed by atoms with Crippen molar-refractivity contribution in [2.45, 2.75) is 45.0 Å². The highest BCUT2D eigenvalue weighted by atomic mass is 19.4. The summed E-state index contributed by atoms with van der Waals surface area (Å²) >= 11 is 0. The molecular weight excluding hydrogens is 409 g/mol. The Hall–Kier alpha value is -2.78. The predicted molar refractivity (Wildman–Crippen MR) is 103 cm³/mol. The Morgan fingerprint density at radius 2 is 1.73 bits per heavy atom. The van der Waals surface area contributed by atoms with Gasteiger partial charge in [0.05, 0.1) is 12.2 Å². The molecule has 0 spiro atoms. The minimum atomic E-state index is -5.68. The van der Waals surface area contributed by atoms with Gasteiger partial charge in [0.15, 0.2) is 0 Å². The molecule has 1 aliphatic heterocycles. The number of hydrogen-bond donors (Lipinski definition) is 3. The number of amides is 1. The fourth-order valence-electron chi connectivity index (χ4n) is 2.64. The van der Waals surface area contributed by atoms with Gasteiger partial charge >= 0.3 is 12.1 Å². The van der Waals surface area contributed by atoms with Gasteiger partial charge in [0, 0.05) is 16.8 Å². The molecule has 0 saturated heterocycles. The number of benzene rings is 1. The fourth-order valence-corrected chi connectivity index (χ4v) is 2.64. The average molecular weight is 433 g/mol. The van der Waals surface area contributed by atoms with Gasteiger partial charge in [-0.05, 0) is 32.9 Å². The van der Waals surface area contributed by atoms with Gasteiger partial charge in [0.1, 0.15) is 17.9 Å². The van der Waals surface area contributed by atoms with E-state index in [4.69, 9.17) is 4.74 Å². The summed E-state index contributed by atoms with van der Waals surface area (Å²) < 4.78 is 69.3. The van der Waals surface area contributed by atoms with Crippen LogP contribution in [-0.2, 0) is 4.79 Å². The Labute approximate surface area is 171 Å². The first-order valence-electron chi connectivity index (χ1n) is 9.07. The normalized spacial score (nSPS) is 19.7. The molecule has 2 atom stereocenters. The lowest BCUT2D eigenvalue weighted by atomic mass is 9.85. The average Bonchev–Trinajstić information content (AvgIpc) is 2.75. The standard InChI is InChI=1S/C20H24F5N3O2/c1-11-16(17(29)28-14-8-6-7-9-15(14)30-11)27-13(3)18(4,5)12(2)26-10-19(21,22)20(23,24)25/h6-9,11,16,26-27H,2-3,10H2,1,4-5H3,(H,28,29)/t11-,16+/m1/s1. The van der Waals surface area contributed by atoms with Gasteiger partial charge in [-0.15, -0.1) is 0 Å². The van der Waals surface area contributed by atoms with E-state index >= 15 is 0 Å². The van der Waals surface area contributed by atoms with Crippen LogP contribution < -0.4 is 20.7 Å². The first-order valence-corrected chi connectivity index (χ1v) is 9.07. The fraction of sp³-hybridized carbons (Fsp3) is 0.450. The zero-order valence-electron chi connectivity index (χ0n) is 16.8. The summed E-state index contributed by atoms with van der Waals surface area (Å²) in [6.45, 7) is 10.4. The van der Waals surface area contributed by atoms with Crippen molar-refractivity contribution >= 4 is 11.6 Å². The number of fused-ring (bicyclic) bond motifs is 1. The molecule has 0 aliphatic carbocycles. The second-order valence-electron chi connectivity index (χ2n) is 7.57. The molecule has 1 aromatic rings. The minimum absolute atomic E-state index is 0.116. The molecule has 1 aromatic carbocycles. The summed E-state index contributed by atoms with van der Waals surface area (Å²) in [6.07, 6.45) is -6.31. The van der Waals surface area contributed by atoms with Crippen LogP contribution in [0, 0.1) is 5.41 Å². The highest BCUT2D eigenvalue weighted by Crippen LogP contribution is 2.37. The van der Waals surface area contributed by atoms with E-state index in [2.05, 4.69) is 23.8 Å².